The maximum absolute atomic E-state index is 12.4. The Morgan fingerprint density at radius 2 is 1.80 bits per heavy atom. The zero-order chi connectivity index (χ0) is 23.1. The van der Waals surface area contributed by atoms with Crippen LogP contribution in [-0.2, 0) is 20.7 Å². The van der Waals surface area contributed by atoms with Crippen LogP contribution in [0.4, 0.5) is 5.69 Å². The minimum absolute atomic E-state index is 0.0365. The first-order chi connectivity index (χ1) is 13.8. The van der Waals surface area contributed by atoms with Crippen LogP contribution >= 0.6 is 0 Å². The largest absolute Gasteiger partial charge is 0.458 e. The second-order valence-electron chi connectivity index (χ2n) is 8.85. The molecule has 4 N–H and O–H groups in total. The van der Waals surface area contributed by atoms with Crippen molar-refractivity contribution in [3.05, 3.63) is 39.9 Å². The van der Waals surface area contributed by atoms with Gasteiger partial charge in [-0.3, -0.25) is 14.9 Å². The summed E-state index contributed by atoms with van der Waals surface area (Å²) < 4.78 is 5.37. The van der Waals surface area contributed by atoms with Gasteiger partial charge >= 0.3 is 5.97 Å². The van der Waals surface area contributed by atoms with E-state index in [4.69, 9.17) is 10.5 Å². The van der Waals surface area contributed by atoms with E-state index in [0.29, 0.717) is 12.0 Å². The molecule has 0 bridgehead atoms. The molecule has 0 radical (unpaired) electrons. The monoisotopic (exact) mass is 423 g/mol. The normalized spacial score (nSPS) is 14.7. The van der Waals surface area contributed by atoms with Crippen molar-refractivity contribution in [3.63, 3.8) is 0 Å². The first kappa shape index (κ1) is 25.5. The molecule has 9 heteroatoms. The Hall–Kier alpha value is -2.52. The standard InChI is InChI=1S/C21H33N3O6/c1-13(2)10-17(20(27)30-21(3,4)5)23-19(26)12-18(25)16(22)11-14-6-8-15(9-7-14)24(28)29/h6-9,13,16-18,25H,10-12,22H2,1-5H3,(H,23,26)/t16-,17?,18-/m0/s1. The molecule has 0 fully saturated rings. The van der Waals surface area contributed by atoms with E-state index >= 15 is 0 Å². The molecule has 0 aliphatic heterocycles. The fourth-order valence-electron chi connectivity index (χ4n) is 2.81. The van der Waals surface area contributed by atoms with E-state index in [1.54, 1.807) is 32.9 Å². The number of carbonyl (C=O) groups is 2. The quantitative estimate of drug-likeness (QED) is 0.297. The zero-order valence-corrected chi connectivity index (χ0v) is 18.3. The summed E-state index contributed by atoms with van der Waals surface area (Å²) in [6.07, 6.45) is -0.760. The smallest absolute Gasteiger partial charge is 0.329 e. The lowest BCUT2D eigenvalue weighted by atomic mass is 9.99. The summed E-state index contributed by atoms with van der Waals surface area (Å²) in [6, 6.07) is 4.28. The Labute approximate surface area is 177 Å². The fourth-order valence-corrected chi connectivity index (χ4v) is 2.81. The number of hydrogen-bond donors (Lipinski definition) is 3. The van der Waals surface area contributed by atoms with Gasteiger partial charge in [-0.1, -0.05) is 26.0 Å². The number of nitrogens with one attached hydrogen (secondary N) is 1. The third-order valence-electron chi connectivity index (χ3n) is 4.24. The number of ether oxygens (including phenoxy) is 1. The summed E-state index contributed by atoms with van der Waals surface area (Å²) in [6.45, 7) is 9.11. The maximum Gasteiger partial charge on any atom is 0.329 e. The third-order valence-corrected chi connectivity index (χ3v) is 4.24. The number of carbonyl (C=O) groups excluding carboxylic acids is 2. The highest BCUT2D eigenvalue weighted by Crippen LogP contribution is 2.15. The molecule has 0 saturated carbocycles. The van der Waals surface area contributed by atoms with Gasteiger partial charge in [0.1, 0.15) is 11.6 Å². The van der Waals surface area contributed by atoms with E-state index in [2.05, 4.69) is 5.32 Å². The molecule has 1 aromatic carbocycles. The summed E-state index contributed by atoms with van der Waals surface area (Å²) in [5, 5.41) is 23.6. The van der Waals surface area contributed by atoms with Gasteiger partial charge in [0.15, 0.2) is 0 Å². The van der Waals surface area contributed by atoms with Gasteiger partial charge < -0.3 is 20.9 Å². The molecule has 1 aromatic rings. The molecular formula is C21H33N3O6. The van der Waals surface area contributed by atoms with Crippen LogP contribution in [0.3, 0.4) is 0 Å². The highest BCUT2D eigenvalue weighted by atomic mass is 16.6. The van der Waals surface area contributed by atoms with E-state index in [-0.39, 0.29) is 24.4 Å². The van der Waals surface area contributed by atoms with Crippen molar-refractivity contribution in [1.29, 1.82) is 0 Å². The predicted octanol–water partition coefficient (Wildman–Crippen LogP) is 2.09. The van der Waals surface area contributed by atoms with Crippen LogP contribution in [0.25, 0.3) is 0 Å². The van der Waals surface area contributed by atoms with E-state index in [0.717, 1.165) is 0 Å². The van der Waals surface area contributed by atoms with Crippen molar-refractivity contribution in [2.75, 3.05) is 0 Å². The third kappa shape index (κ3) is 9.32. The van der Waals surface area contributed by atoms with E-state index < -0.39 is 40.6 Å². The molecule has 0 heterocycles. The number of nitro benzene ring substituents is 1. The van der Waals surface area contributed by atoms with Gasteiger partial charge in [0, 0.05) is 18.2 Å². The van der Waals surface area contributed by atoms with Gasteiger partial charge in [-0.25, -0.2) is 4.79 Å². The number of benzene rings is 1. The van der Waals surface area contributed by atoms with E-state index in [1.165, 1.54) is 12.1 Å². The number of rotatable bonds is 10. The average molecular weight is 424 g/mol. The number of aliphatic hydroxyl groups excluding tert-OH is 1. The van der Waals surface area contributed by atoms with Gasteiger partial charge in [0.05, 0.1) is 17.4 Å². The lowest BCUT2D eigenvalue weighted by Gasteiger charge is -2.26. The molecule has 0 saturated heterocycles. The Bertz CT molecular complexity index is 727. The maximum atomic E-state index is 12.4. The molecule has 30 heavy (non-hydrogen) atoms. The number of nitrogens with zero attached hydrogens (tertiary/aromatic N) is 1. The highest BCUT2D eigenvalue weighted by molar-refractivity contribution is 5.84. The number of hydrogen-bond acceptors (Lipinski definition) is 7. The van der Waals surface area contributed by atoms with Crippen LogP contribution in [0, 0.1) is 16.0 Å². The number of amides is 1. The molecule has 1 unspecified atom stereocenters. The molecule has 1 rings (SSSR count). The molecule has 0 aliphatic rings. The molecule has 0 aliphatic carbocycles. The minimum atomic E-state index is -1.14. The lowest BCUT2D eigenvalue weighted by Crippen LogP contribution is -2.47. The van der Waals surface area contributed by atoms with Crippen LogP contribution in [-0.4, -0.2) is 45.7 Å². The molecule has 3 atom stereocenters. The lowest BCUT2D eigenvalue weighted by molar-refractivity contribution is -0.384. The Balaban J connectivity index is 2.66. The fraction of sp³-hybridized carbons (Fsp3) is 0.619. The van der Waals surface area contributed by atoms with Gasteiger partial charge in [-0.15, -0.1) is 0 Å². The Morgan fingerprint density at radius 1 is 1.23 bits per heavy atom. The zero-order valence-electron chi connectivity index (χ0n) is 18.3. The number of nitrogens with two attached hydrogens (primary N) is 1. The van der Waals surface area contributed by atoms with Crippen LogP contribution < -0.4 is 11.1 Å². The van der Waals surface area contributed by atoms with E-state index in [1.807, 2.05) is 13.8 Å². The summed E-state index contributed by atoms with van der Waals surface area (Å²) in [5.74, 6) is -0.871. The summed E-state index contributed by atoms with van der Waals surface area (Å²) >= 11 is 0. The highest BCUT2D eigenvalue weighted by Gasteiger charge is 2.28. The number of nitro groups is 1. The topological polar surface area (TPSA) is 145 Å². The first-order valence-electron chi connectivity index (χ1n) is 9.97. The minimum Gasteiger partial charge on any atom is -0.458 e. The number of esters is 1. The first-order valence-corrected chi connectivity index (χ1v) is 9.97. The molecular weight excluding hydrogens is 390 g/mol. The molecule has 0 aromatic heterocycles. The van der Waals surface area contributed by atoms with Gasteiger partial charge in [-0.2, -0.15) is 0 Å². The average Bonchev–Trinajstić information content (AvgIpc) is 2.59. The van der Waals surface area contributed by atoms with Crippen molar-refractivity contribution in [2.24, 2.45) is 11.7 Å². The van der Waals surface area contributed by atoms with Gasteiger partial charge in [0.25, 0.3) is 5.69 Å². The van der Waals surface area contributed by atoms with Crippen molar-refractivity contribution >= 4 is 17.6 Å². The predicted molar refractivity (Wildman–Crippen MR) is 113 cm³/mol. The van der Waals surface area contributed by atoms with Crippen LogP contribution in [0.2, 0.25) is 0 Å². The van der Waals surface area contributed by atoms with Crippen molar-refractivity contribution in [1.82, 2.24) is 5.32 Å². The molecule has 9 nitrogen and oxygen atoms in total. The van der Waals surface area contributed by atoms with Crippen molar-refractivity contribution in [2.45, 2.75) is 77.7 Å². The van der Waals surface area contributed by atoms with Gasteiger partial charge in [0.2, 0.25) is 5.91 Å². The molecule has 0 spiro atoms. The van der Waals surface area contributed by atoms with Crippen molar-refractivity contribution < 1.29 is 24.4 Å². The SMILES string of the molecule is CC(C)CC(NC(=O)C[C@H](O)[C@@H](N)Cc1ccc([N+](=O)[O-])cc1)C(=O)OC(C)(C)C. The summed E-state index contributed by atoms with van der Waals surface area (Å²) in [7, 11) is 0. The second-order valence-corrected chi connectivity index (χ2v) is 8.85. The summed E-state index contributed by atoms with van der Waals surface area (Å²) in [4.78, 5) is 35.0. The van der Waals surface area contributed by atoms with Crippen LogP contribution in [0.5, 0.6) is 0 Å². The molecule has 1 amide bonds. The van der Waals surface area contributed by atoms with E-state index in [9.17, 15) is 24.8 Å². The second kappa shape index (κ2) is 11.0. The Kier molecular flexibility index (Phi) is 9.38. The number of aliphatic hydroxyl groups is 1. The summed E-state index contributed by atoms with van der Waals surface area (Å²) in [5.41, 5.74) is 5.99. The van der Waals surface area contributed by atoms with Crippen LogP contribution in [0.1, 0.15) is 53.0 Å². The molecule has 168 valence electrons. The van der Waals surface area contributed by atoms with Gasteiger partial charge in [-0.05, 0) is 45.1 Å². The van der Waals surface area contributed by atoms with Crippen LogP contribution in [0.15, 0.2) is 24.3 Å². The number of non-ortho nitro benzene ring substituents is 1. The Morgan fingerprint density at radius 3 is 2.27 bits per heavy atom. The van der Waals surface area contributed by atoms with Crippen molar-refractivity contribution in [3.8, 4) is 0 Å².